The molecule has 3 N–H and O–H groups in total. The van der Waals surface area contributed by atoms with Crippen molar-refractivity contribution in [1.29, 1.82) is 0 Å². The van der Waals surface area contributed by atoms with E-state index in [1.54, 1.807) is 0 Å². The molecule has 0 bridgehead atoms. The van der Waals surface area contributed by atoms with E-state index in [9.17, 15) is 4.79 Å². The summed E-state index contributed by atoms with van der Waals surface area (Å²) in [5.74, 6) is 0.0345. The van der Waals surface area contributed by atoms with Gasteiger partial charge in [0.15, 0.2) is 0 Å². The third kappa shape index (κ3) is 2.75. The molecule has 16 heavy (non-hydrogen) atoms. The lowest BCUT2D eigenvalue weighted by atomic mass is 9.83. The first kappa shape index (κ1) is 12.6. The number of amides is 1. The number of nitrogens with two attached hydrogens (primary N) is 1. The van der Waals surface area contributed by atoms with Crippen LogP contribution in [-0.4, -0.2) is 11.9 Å². The van der Waals surface area contributed by atoms with E-state index < -0.39 is 5.41 Å². The van der Waals surface area contributed by atoms with Gasteiger partial charge in [0.25, 0.3) is 0 Å². The van der Waals surface area contributed by atoms with Gasteiger partial charge in [0.05, 0.1) is 5.41 Å². The molecule has 0 radical (unpaired) electrons. The molecule has 0 aliphatic rings. The van der Waals surface area contributed by atoms with Crippen molar-refractivity contribution >= 4 is 11.6 Å². The molecule has 0 aliphatic carbocycles. The lowest BCUT2D eigenvalue weighted by molar-refractivity contribution is -0.126. The van der Waals surface area contributed by atoms with Crippen molar-refractivity contribution in [2.45, 2.75) is 39.2 Å². The van der Waals surface area contributed by atoms with Crippen molar-refractivity contribution in [1.82, 2.24) is 5.32 Å². The number of benzene rings is 1. The summed E-state index contributed by atoms with van der Waals surface area (Å²) in [6.07, 6.45) is 0. The molecular weight excluding hydrogens is 200 g/mol. The molecule has 88 valence electrons. The number of rotatable bonds is 3. The SMILES string of the molecule is CC(C)NC(=O)C(C)(C)c1ccc(N)cc1. The molecule has 1 rings (SSSR count). The highest BCUT2D eigenvalue weighted by molar-refractivity contribution is 5.87. The van der Waals surface area contributed by atoms with Crippen molar-refractivity contribution in [3.8, 4) is 0 Å². The quantitative estimate of drug-likeness (QED) is 0.766. The van der Waals surface area contributed by atoms with Gasteiger partial charge in [-0.05, 0) is 45.4 Å². The van der Waals surface area contributed by atoms with Crippen LogP contribution in [0, 0.1) is 0 Å². The molecule has 0 heterocycles. The Bertz CT molecular complexity index is 366. The van der Waals surface area contributed by atoms with Gasteiger partial charge in [-0.15, -0.1) is 0 Å². The number of carbonyl (C=O) groups excluding carboxylic acids is 1. The summed E-state index contributed by atoms with van der Waals surface area (Å²) < 4.78 is 0. The fourth-order valence-corrected chi connectivity index (χ4v) is 1.47. The second-order valence-electron chi connectivity index (χ2n) is 4.88. The van der Waals surface area contributed by atoms with Gasteiger partial charge >= 0.3 is 0 Å². The predicted molar refractivity (Wildman–Crippen MR) is 67.2 cm³/mol. The zero-order valence-corrected chi connectivity index (χ0v) is 10.4. The normalized spacial score (nSPS) is 11.6. The largest absolute Gasteiger partial charge is 0.399 e. The number of hydrogen-bond donors (Lipinski definition) is 2. The summed E-state index contributed by atoms with van der Waals surface area (Å²) in [4.78, 5) is 12.0. The van der Waals surface area contributed by atoms with E-state index in [1.165, 1.54) is 0 Å². The maximum atomic E-state index is 12.0. The Morgan fingerprint density at radius 1 is 1.25 bits per heavy atom. The number of hydrogen-bond acceptors (Lipinski definition) is 2. The van der Waals surface area contributed by atoms with Crippen LogP contribution in [0.15, 0.2) is 24.3 Å². The van der Waals surface area contributed by atoms with Crippen molar-refractivity contribution < 1.29 is 4.79 Å². The van der Waals surface area contributed by atoms with Gasteiger partial charge in [-0.1, -0.05) is 12.1 Å². The maximum absolute atomic E-state index is 12.0. The second kappa shape index (κ2) is 4.56. The Kier molecular flexibility index (Phi) is 3.58. The number of anilines is 1. The van der Waals surface area contributed by atoms with Crippen molar-refractivity contribution in [2.24, 2.45) is 0 Å². The van der Waals surface area contributed by atoms with Crippen LogP contribution in [0.4, 0.5) is 5.69 Å². The van der Waals surface area contributed by atoms with Gasteiger partial charge in [0.2, 0.25) is 5.91 Å². The monoisotopic (exact) mass is 220 g/mol. The Balaban J connectivity index is 2.92. The first-order valence-corrected chi connectivity index (χ1v) is 5.51. The minimum absolute atomic E-state index is 0.0345. The third-order valence-corrected chi connectivity index (χ3v) is 2.62. The summed E-state index contributed by atoms with van der Waals surface area (Å²) in [6, 6.07) is 7.59. The number of nitrogen functional groups attached to an aromatic ring is 1. The summed E-state index contributed by atoms with van der Waals surface area (Å²) in [7, 11) is 0. The molecule has 0 unspecified atom stereocenters. The Morgan fingerprint density at radius 2 is 1.75 bits per heavy atom. The Labute approximate surface area is 97.0 Å². The first-order chi connectivity index (χ1) is 7.34. The van der Waals surface area contributed by atoms with Gasteiger partial charge in [-0.25, -0.2) is 0 Å². The highest BCUT2D eigenvalue weighted by Gasteiger charge is 2.29. The molecule has 1 aromatic carbocycles. The molecule has 1 aromatic rings. The van der Waals surface area contributed by atoms with E-state index in [-0.39, 0.29) is 11.9 Å². The molecule has 0 spiro atoms. The molecule has 0 atom stereocenters. The maximum Gasteiger partial charge on any atom is 0.230 e. The van der Waals surface area contributed by atoms with Crippen molar-refractivity contribution in [2.75, 3.05) is 5.73 Å². The predicted octanol–water partition coefficient (Wildman–Crippen LogP) is 2.07. The topological polar surface area (TPSA) is 55.1 Å². The highest BCUT2D eigenvalue weighted by Crippen LogP contribution is 2.24. The fraction of sp³-hybridized carbons (Fsp3) is 0.462. The minimum Gasteiger partial charge on any atom is -0.399 e. The van der Waals surface area contributed by atoms with Crippen LogP contribution in [0.1, 0.15) is 33.3 Å². The van der Waals surface area contributed by atoms with Gasteiger partial charge in [0, 0.05) is 11.7 Å². The average molecular weight is 220 g/mol. The fourth-order valence-electron chi connectivity index (χ4n) is 1.47. The van der Waals surface area contributed by atoms with Gasteiger partial charge < -0.3 is 11.1 Å². The van der Waals surface area contributed by atoms with E-state index in [2.05, 4.69) is 5.32 Å². The number of carbonyl (C=O) groups is 1. The zero-order valence-electron chi connectivity index (χ0n) is 10.4. The minimum atomic E-state index is -0.530. The van der Waals surface area contributed by atoms with Crippen LogP contribution in [0.3, 0.4) is 0 Å². The Hall–Kier alpha value is -1.51. The molecule has 0 saturated carbocycles. The van der Waals surface area contributed by atoms with Crippen molar-refractivity contribution in [3.63, 3.8) is 0 Å². The van der Waals surface area contributed by atoms with Crippen molar-refractivity contribution in [3.05, 3.63) is 29.8 Å². The lowest BCUT2D eigenvalue weighted by Gasteiger charge is -2.25. The van der Waals surface area contributed by atoms with Crippen LogP contribution in [0.25, 0.3) is 0 Å². The summed E-state index contributed by atoms with van der Waals surface area (Å²) in [5.41, 5.74) is 6.78. The second-order valence-corrected chi connectivity index (χ2v) is 4.88. The smallest absolute Gasteiger partial charge is 0.230 e. The first-order valence-electron chi connectivity index (χ1n) is 5.51. The van der Waals surface area contributed by atoms with Crippen LogP contribution >= 0.6 is 0 Å². The molecule has 3 nitrogen and oxygen atoms in total. The summed E-state index contributed by atoms with van der Waals surface area (Å²) in [5, 5.41) is 2.93. The molecule has 0 fully saturated rings. The number of nitrogens with one attached hydrogen (secondary N) is 1. The van der Waals surface area contributed by atoms with Crippen LogP contribution < -0.4 is 11.1 Å². The van der Waals surface area contributed by atoms with Crippen LogP contribution in [0.5, 0.6) is 0 Å². The van der Waals surface area contributed by atoms with Gasteiger partial charge in [0.1, 0.15) is 0 Å². The highest BCUT2D eigenvalue weighted by atomic mass is 16.2. The van der Waals surface area contributed by atoms with Gasteiger partial charge in [-0.3, -0.25) is 4.79 Å². The summed E-state index contributed by atoms with van der Waals surface area (Å²) >= 11 is 0. The third-order valence-electron chi connectivity index (χ3n) is 2.62. The molecular formula is C13H20N2O. The van der Waals surface area contributed by atoms with E-state index >= 15 is 0 Å². The van der Waals surface area contributed by atoms with E-state index in [1.807, 2.05) is 52.0 Å². The van der Waals surface area contributed by atoms with E-state index in [4.69, 9.17) is 5.73 Å². The molecule has 3 heteroatoms. The molecule has 0 aliphatic heterocycles. The van der Waals surface area contributed by atoms with Crippen LogP contribution in [0.2, 0.25) is 0 Å². The standard InChI is InChI=1S/C13H20N2O/c1-9(2)15-12(16)13(3,4)10-5-7-11(14)8-6-10/h5-9H,14H2,1-4H3,(H,15,16). The van der Waals surface area contributed by atoms with E-state index in [0.29, 0.717) is 5.69 Å². The van der Waals surface area contributed by atoms with E-state index in [0.717, 1.165) is 5.56 Å². The molecule has 0 saturated heterocycles. The lowest BCUT2D eigenvalue weighted by Crippen LogP contribution is -2.43. The average Bonchev–Trinajstić information content (AvgIpc) is 2.17. The van der Waals surface area contributed by atoms with Crippen LogP contribution in [-0.2, 0) is 10.2 Å². The molecule has 0 aromatic heterocycles. The summed E-state index contributed by atoms with van der Waals surface area (Å²) in [6.45, 7) is 7.74. The molecule has 1 amide bonds. The van der Waals surface area contributed by atoms with Gasteiger partial charge in [-0.2, -0.15) is 0 Å². The zero-order chi connectivity index (χ0) is 12.3. The Morgan fingerprint density at radius 3 is 2.19 bits per heavy atom.